The van der Waals surface area contributed by atoms with Crippen LogP contribution < -0.4 is 0 Å². The predicted molar refractivity (Wildman–Crippen MR) is 79.9 cm³/mol. The van der Waals surface area contributed by atoms with E-state index in [-0.39, 0.29) is 0 Å². The maximum absolute atomic E-state index is 3.82. The van der Waals surface area contributed by atoms with Gasteiger partial charge in [-0.15, -0.1) is 0 Å². The fraction of sp³-hybridized carbons (Fsp3) is 0.176. The van der Waals surface area contributed by atoms with Crippen molar-refractivity contribution < 1.29 is 0 Å². The molecule has 0 radical (unpaired) electrons. The summed E-state index contributed by atoms with van der Waals surface area (Å²) >= 11 is 0. The largest absolute Gasteiger partial charge is 0.0990 e. The third-order valence-electron chi connectivity index (χ3n) is 2.20. The summed E-state index contributed by atoms with van der Waals surface area (Å²) in [7, 11) is 0. The van der Waals surface area contributed by atoms with Gasteiger partial charge in [0.25, 0.3) is 0 Å². The average Bonchev–Trinajstić information content (AvgIpc) is 2.42. The summed E-state index contributed by atoms with van der Waals surface area (Å²) in [4.78, 5) is 0. The fourth-order valence-electron chi connectivity index (χ4n) is 1.51. The molecular weight excluding hydrogens is 204 g/mol. The maximum atomic E-state index is 3.82. The Kier molecular flexibility index (Phi) is 8.40. The Bertz CT molecular complexity index is 391. The van der Waals surface area contributed by atoms with E-state index in [1.807, 2.05) is 51.1 Å². The van der Waals surface area contributed by atoms with E-state index in [0.29, 0.717) is 0 Å². The molecule has 0 heterocycles. The summed E-state index contributed by atoms with van der Waals surface area (Å²) in [5.74, 6) is 0. The molecule has 0 aliphatic heterocycles. The van der Waals surface area contributed by atoms with Gasteiger partial charge in [0.05, 0.1) is 0 Å². The molecule has 1 aromatic carbocycles. The first kappa shape index (κ1) is 15.2. The van der Waals surface area contributed by atoms with Crippen molar-refractivity contribution in [1.82, 2.24) is 0 Å². The van der Waals surface area contributed by atoms with E-state index < -0.39 is 0 Å². The van der Waals surface area contributed by atoms with Gasteiger partial charge in [-0.3, -0.25) is 0 Å². The third-order valence-corrected chi connectivity index (χ3v) is 2.20. The van der Waals surface area contributed by atoms with Crippen LogP contribution in [0.3, 0.4) is 0 Å². The lowest BCUT2D eigenvalue weighted by molar-refractivity contribution is 1.50. The molecule has 0 aliphatic carbocycles. The van der Waals surface area contributed by atoms with Crippen molar-refractivity contribution in [2.24, 2.45) is 0 Å². The summed E-state index contributed by atoms with van der Waals surface area (Å²) in [6.07, 6.45) is 7.69. The highest BCUT2D eigenvalue weighted by molar-refractivity contribution is 5.81. The summed E-state index contributed by atoms with van der Waals surface area (Å²) in [5.41, 5.74) is 3.48. The monoisotopic (exact) mass is 226 g/mol. The molecule has 0 saturated heterocycles. The van der Waals surface area contributed by atoms with E-state index in [9.17, 15) is 0 Å². The van der Waals surface area contributed by atoms with E-state index in [1.54, 1.807) is 6.08 Å². The Labute approximate surface area is 106 Å². The van der Waals surface area contributed by atoms with Crippen LogP contribution in [0.4, 0.5) is 0 Å². The lowest BCUT2D eigenvalue weighted by Crippen LogP contribution is -1.86. The molecule has 1 aromatic rings. The van der Waals surface area contributed by atoms with Crippen LogP contribution >= 0.6 is 0 Å². The Morgan fingerprint density at radius 3 is 2.06 bits per heavy atom. The standard InChI is InChI=1S/C15H16.C2H6/c1-4-10-13(5-2)15(6-3)14-11-8-7-9-12-14;1-2/h4-12H,1-2H2,3H3;1-2H3/b13-10-,15-6+;. The summed E-state index contributed by atoms with van der Waals surface area (Å²) in [6, 6.07) is 10.3. The smallest absolute Gasteiger partial charge is 0.0154 e. The zero-order valence-corrected chi connectivity index (χ0v) is 11.1. The van der Waals surface area contributed by atoms with Crippen molar-refractivity contribution in [3.63, 3.8) is 0 Å². The van der Waals surface area contributed by atoms with Gasteiger partial charge >= 0.3 is 0 Å². The van der Waals surface area contributed by atoms with Gasteiger partial charge in [-0.2, -0.15) is 0 Å². The summed E-state index contributed by atoms with van der Waals surface area (Å²) < 4.78 is 0. The zero-order valence-electron chi connectivity index (χ0n) is 11.1. The van der Waals surface area contributed by atoms with Gasteiger partial charge < -0.3 is 0 Å². The normalized spacial score (nSPS) is 11.2. The van der Waals surface area contributed by atoms with Gasteiger partial charge in [0, 0.05) is 0 Å². The van der Waals surface area contributed by atoms with Crippen LogP contribution in [-0.2, 0) is 0 Å². The molecular formula is C17H22. The molecule has 0 bridgehead atoms. The second-order valence-corrected chi connectivity index (χ2v) is 3.13. The molecule has 17 heavy (non-hydrogen) atoms. The third kappa shape index (κ3) is 4.69. The minimum atomic E-state index is 1.10. The average molecular weight is 226 g/mol. The number of allylic oxidation sites excluding steroid dienone is 6. The van der Waals surface area contributed by atoms with Crippen molar-refractivity contribution in [1.29, 1.82) is 0 Å². The molecule has 0 unspecified atom stereocenters. The minimum Gasteiger partial charge on any atom is -0.0990 e. The maximum Gasteiger partial charge on any atom is -0.0154 e. The molecule has 0 N–H and O–H groups in total. The van der Waals surface area contributed by atoms with Gasteiger partial charge in [0.1, 0.15) is 0 Å². The first-order valence-corrected chi connectivity index (χ1v) is 6.00. The van der Waals surface area contributed by atoms with Crippen LogP contribution in [0.5, 0.6) is 0 Å². The number of rotatable bonds is 4. The molecule has 0 saturated carbocycles. The lowest BCUT2D eigenvalue weighted by atomic mass is 9.97. The van der Waals surface area contributed by atoms with Gasteiger partial charge in [0.15, 0.2) is 0 Å². The van der Waals surface area contributed by atoms with Crippen LogP contribution in [0.2, 0.25) is 0 Å². The molecule has 0 spiro atoms. The summed E-state index contributed by atoms with van der Waals surface area (Å²) in [5, 5.41) is 0. The highest BCUT2D eigenvalue weighted by atomic mass is 14.1. The van der Waals surface area contributed by atoms with Crippen molar-refractivity contribution in [2.45, 2.75) is 20.8 Å². The van der Waals surface area contributed by atoms with Crippen LogP contribution in [0.15, 0.2) is 73.4 Å². The van der Waals surface area contributed by atoms with Crippen LogP contribution in [-0.4, -0.2) is 0 Å². The molecule has 0 fully saturated rings. The molecule has 0 atom stereocenters. The number of hydrogen-bond acceptors (Lipinski definition) is 0. The van der Waals surface area contributed by atoms with Crippen molar-refractivity contribution in [2.75, 3.05) is 0 Å². The van der Waals surface area contributed by atoms with Gasteiger partial charge in [-0.1, -0.05) is 81.6 Å². The Balaban J connectivity index is 0.00000121. The van der Waals surface area contributed by atoms with E-state index in [1.165, 1.54) is 11.1 Å². The molecule has 0 heteroatoms. The Morgan fingerprint density at radius 1 is 1.06 bits per heavy atom. The Morgan fingerprint density at radius 2 is 1.65 bits per heavy atom. The molecule has 1 rings (SSSR count). The topological polar surface area (TPSA) is 0 Å². The van der Waals surface area contributed by atoms with Crippen molar-refractivity contribution >= 4 is 5.57 Å². The summed E-state index contributed by atoms with van der Waals surface area (Å²) in [6.45, 7) is 13.6. The molecule has 0 amide bonds. The van der Waals surface area contributed by atoms with Gasteiger partial charge in [0.2, 0.25) is 0 Å². The minimum absolute atomic E-state index is 1.10. The van der Waals surface area contributed by atoms with Crippen molar-refractivity contribution in [3.05, 3.63) is 78.9 Å². The van der Waals surface area contributed by atoms with E-state index in [0.717, 1.165) is 5.57 Å². The first-order valence-electron chi connectivity index (χ1n) is 6.00. The molecule has 0 nitrogen and oxygen atoms in total. The highest BCUT2D eigenvalue weighted by Crippen LogP contribution is 2.23. The second-order valence-electron chi connectivity index (χ2n) is 3.13. The van der Waals surface area contributed by atoms with Crippen LogP contribution in [0, 0.1) is 0 Å². The molecule has 0 aliphatic rings. The fourth-order valence-corrected chi connectivity index (χ4v) is 1.51. The number of benzene rings is 1. The quantitative estimate of drug-likeness (QED) is 0.602. The van der Waals surface area contributed by atoms with Gasteiger partial charge in [-0.25, -0.2) is 0 Å². The van der Waals surface area contributed by atoms with E-state index in [2.05, 4.69) is 31.4 Å². The highest BCUT2D eigenvalue weighted by Gasteiger charge is 2.01. The first-order chi connectivity index (χ1) is 8.33. The van der Waals surface area contributed by atoms with Crippen LogP contribution in [0.1, 0.15) is 26.3 Å². The van der Waals surface area contributed by atoms with E-state index >= 15 is 0 Å². The molecule has 90 valence electrons. The van der Waals surface area contributed by atoms with Crippen molar-refractivity contribution in [3.8, 4) is 0 Å². The molecule has 0 aromatic heterocycles. The number of hydrogen-bond donors (Lipinski definition) is 0. The SMILES string of the molecule is C=C/C=C(C=C)\C(=C/C)c1ccccc1.CC. The van der Waals surface area contributed by atoms with Crippen LogP contribution in [0.25, 0.3) is 5.57 Å². The predicted octanol–water partition coefficient (Wildman–Crippen LogP) is 5.41. The zero-order chi connectivity index (χ0) is 13.1. The van der Waals surface area contributed by atoms with Gasteiger partial charge in [-0.05, 0) is 23.6 Å². The second kappa shape index (κ2) is 9.41. The Hall–Kier alpha value is -1.82. The van der Waals surface area contributed by atoms with E-state index in [4.69, 9.17) is 0 Å². The lowest BCUT2D eigenvalue weighted by Gasteiger charge is -2.07.